The van der Waals surface area contributed by atoms with Gasteiger partial charge in [0.25, 0.3) is 5.91 Å². The van der Waals surface area contributed by atoms with Gasteiger partial charge >= 0.3 is 0 Å². The summed E-state index contributed by atoms with van der Waals surface area (Å²) in [5.74, 6) is -5.93. The van der Waals surface area contributed by atoms with Crippen LogP contribution in [0.5, 0.6) is 0 Å². The van der Waals surface area contributed by atoms with Gasteiger partial charge in [0.05, 0.1) is 34.7 Å². The van der Waals surface area contributed by atoms with Crippen molar-refractivity contribution >= 4 is 28.5 Å². The van der Waals surface area contributed by atoms with Crippen molar-refractivity contribution in [1.29, 1.82) is 0 Å². The Hall–Kier alpha value is -3.49. The quantitative estimate of drug-likeness (QED) is 0.673. The van der Waals surface area contributed by atoms with Crippen LogP contribution in [0.3, 0.4) is 0 Å². The van der Waals surface area contributed by atoms with E-state index < -0.39 is 41.5 Å². The van der Waals surface area contributed by atoms with Crippen LogP contribution < -0.4 is 10.6 Å². The molecule has 0 aliphatic carbocycles. The minimum absolute atomic E-state index is 0.261. The summed E-state index contributed by atoms with van der Waals surface area (Å²) < 4.78 is 39.6. The number of carbonyl (C=O) groups is 2. The third kappa shape index (κ3) is 3.93. The van der Waals surface area contributed by atoms with Gasteiger partial charge in [-0.3, -0.25) is 9.59 Å². The van der Waals surface area contributed by atoms with E-state index in [0.29, 0.717) is 17.1 Å². The Balaban J connectivity index is 1.67. The van der Waals surface area contributed by atoms with E-state index in [4.69, 9.17) is 0 Å². The van der Waals surface area contributed by atoms with Gasteiger partial charge in [-0.15, -0.1) is 0 Å². The van der Waals surface area contributed by atoms with Crippen molar-refractivity contribution in [3.63, 3.8) is 0 Å². The van der Waals surface area contributed by atoms with Crippen LogP contribution in [0, 0.1) is 31.3 Å². The number of hydrogen-bond donors (Lipinski definition) is 2. The first-order valence-electron chi connectivity index (χ1n) is 8.23. The molecule has 6 nitrogen and oxygen atoms in total. The zero-order chi connectivity index (χ0) is 20.4. The minimum atomic E-state index is -1.69. The predicted molar refractivity (Wildman–Crippen MR) is 96.3 cm³/mol. The summed E-state index contributed by atoms with van der Waals surface area (Å²) >= 11 is 0. The number of hydrogen-bond acceptors (Lipinski definition) is 4. The van der Waals surface area contributed by atoms with E-state index in [9.17, 15) is 22.8 Å². The monoisotopic (exact) mass is 388 g/mol. The molecule has 0 aliphatic heterocycles. The topological polar surface area (TPSA) is 84.0 Å². The first kappa shape index (κ1) is 19.3. The Morgan fingerprint density at radius 2 is 1.61 bits per heavy atom. The molecule has 0 fully saturated rings. The van der Waals surface area contributed by atoms with E-state index in [0.717, 1.165) is 17.5 Å². The fourth-order valence-electron chi connectivity index (χ4n) is 2.45. The fraction of sp³-hybridized carbons (Fsp3) is 0.158. The fourth-order valence-corrected chi connectivity index (χ4v) is 2.45. The number of anilines is 1. The first-order chi connectivity index (χ1) is 13.3. The second-order valence-corrected chi connectivity index (χ2v) is 6.05. The lowest BCUT2D eigenvalue weighted by Crippen LogP contribution is -2.33. The Labute approximate surface area is 157 Å². The van der Waals surface area contributed by atoms with Crippen LogP contribution in [-0.2, 0) is 4.79 Å². The molecule has 9 heteroatoms. The third-order valence-corrected chi connectivity index (χ3v) is 4.06. The first-order valence-corrected chi connectivity index (χ1v) is 8.23. The summed E-state index contributed by atoms with van der Waals surface area (Å²) in [4.78, 5) is 32.8. The normalized spacial score (nSPS) is 10.8. The second-order valence-electron chi connectivity index (χ2n) is 6.05. The average molecular weight is 388 g/mol. The van der Waals surface area contributed by atoms with Crippen LogP contribution in [-0.4, -0.2) is 28.3 Å². The van der Waals surface area contributed by atoms with Crippen LogP contribution in [0.4, 0.5) is 18.9 Å². The van der Waals surface area contributed by atoms with Crippen molar-refractivity contribution in [2.75, 3.05) is 11.9 Å². The number of nitrogens with one attached hydrogen (secondary N) is 2. The maximum Gasteiger partial charge on any atom is 0.251 e. The maximum atomic E-state index is 13.6. The van der Waals surface area contributed by atoms with Crippen molar-refractivity contribution in [2.24, 2.45) is 0 Å². The molecule has 144 valence electrons. The van der Waals surface area contributed by atoms with Crippen molar-refractivity contribution in [1.82, 2.24) is 15.3 Å². The van der Waals surface area contributed by atoms with Gasteiger partial charge in [0.15, 0.2) is 17.5 Å². The van der Waals surface area contributed by atoms with E-state index in [2.05, 4.69) is 20.6 Å². The molecule has 3 aromatic rings. The molecule has 2 amide bonds. The van der Waals surface area contributed by atoms with Crippen LogP contribution in [0.2, 0.25) is 0 Å². The van der Waals surface area contributed by atoms with Gasteiger partial charge in [-0.05, 0) is 44.2 Å². The summed E-state index contributed by atoms with van der Waals surface area (Å²) in [5.41, 5.74) is 2.42. The van der Waals surface area contributed by atoms with Gasteiger partial charge in [0.2, 0.25) is 5.91 Å². The number of fused-ring (bicyclic) bond motifs is 1. The SMILES string of the molecule is Cc1nc2ccc(C(=O)NCC(=O)Nc3ccc(F)c(F)c3F)cc2nc1C. The molecule has 0 atom stereocenters. The molecule has 3 rings (SSSR count). The lowest BCUT2D eigenvalue weighted by molar-refractivity contribution is -0.115. The highest BCUT2D eigenvalue weighted by molar-refractivity contribution is 6.00. The zero-order valence-electron chi connectivity index (χ0n) is 14.9. The van der Waals surface area contributed by atoms with Gasteiger partial charge in [0.1, 0.15) is 0 Å². The molecule has 2 aromatic carbocycles. The molecule has 0 saturated heterocycles. The zero-order valence-corrected chi connectivity index (χ0v) is 14.9. The van der Waals surface area contributed by atoms with Crippen molar-refractivity contribution in [2.45, 2.75) is 13.8 Å². The standard InChI is InChI=1S/C19H15F3N4O2/c1-9-10(2)25-15-7-11(3-5-13(15)24-9)19(28)23-8-16(27)26-14-6-4-12(20)17(21)18(14)22/h3-7H,8H2,1-2H3,(H,23,28)(H,26,27). The second kappa shape index (κ2) is 7.63. The molecule has 0 spiro atoms. The van der Waals surface area contributed by atoms with Crippen LogP contribution in [0.15, 0.2) is 30.3 Å². The number of halogens is 3. The summed E-state index contributed by atoms with van der Waals surface area (Å²) in [6.07, 6.45) is 0. The van der Waals surface area contributed by atoms with Gasteiger partial charge in [0, 0.05) is 5.56 Å². The maximum absolute atomic E-state index is 13.6. The molecule has 0 unspecified atom stereocenters. The number of rotatable bonds is 4. The summed E-state index contributed by atoms with van der Waals surface area (Å²) in [6.45, 7) is 3.14. The molecular weight excluding hydrogens is 373 g/mol. The Bertz CT molecular complexity index is 1100. The number of amides is 2. The van der Waals surface area contributed by atoms with Crippen LogP contribution in [0.1, 0.15) is 21.7 Å². The Kier molecular flexibility index (Phi) is 5.25. The van der Waals surface area contributed by atoms with Crippen molar-refractivity contribution in [3.8, 4) is 0 Å². The number of benzene rings is 2. The van der Waals surface area contributed by atoms with Crippen molar-refractivity contribution < 1.29 is 22.8 Å². The highest BCUT2D eigenvalue weighted by Gasteiger charge is 2.16. The lowest BCUT2D eigenvalue weighted by atomic mass is 10.1. The van der Waals surface area contributed by atoms with Gasteiger partial charge in [-0.1, -0.05) is 0 Å². The smallest absolute Gasteiger partial charge is 0.251 e. The molecule has 0 saturated carbocycles. The highest BCUT2D eigenvalue weighted by atomic mass is 19.2. The number of aromatic nitrogens is 2. The molecule has 0 bridgehead atoms. The van der Waals surface area contributed by atoms with Gasteiger partial charge < -0.3 is 10.6 Å². The summed E-state index contributed by atoms with van der Waals surface area (Å²) in [7, 11) is 0. The molecule has 0 aliphatic rings. The minimum Gasteiger partial charge on any atom is -0.343 e. The molecule has 2 N–H and O–H groups in total. The molecule has 1 heterocycles. The van der Waals surface area contributed by atoms with Crippen LogP contribution in [0.25, 0.3) is 11.0 Å². The average Bonchev–Trinajstić information content (AvgIpc) is 2.67. The van der Waals surface area contributed by atoms with E-state index in [1.54, 1.807) is 13.0 Å². The van der Waals surface area contributed by atoms with E-state index in [-0.39, 0.29) is 5.56 Å². The predicted octanol–water partition coefficient (Wildman–Crippen LogP) is 3.03. The molecule has 28 heavy (non-hydrogen) atoms. The van der Waals surface area contributed by atoms with E-state index in [1.807, 2.05) is 6.92 Å². The van der Waals surface area contributed by atoms with Crippen LogP contribution >= 0.6 is 0 Å². The summed E-state index contributed by atoms with van der Waals surface area (Å²) in [6, 6.07) is 6.29. The number of nitrogens with zero attached hydrogens (tertiary/aromatic N) is 2. The number of carbonyl (C=O) groups excluding carboxylic acids is 2. The van der Waals surface area contributed by atoms with E-state index in [1.165, 1.54) is 12.1 Å². The number of aryl methyl sites for hydroxylation is 2. The van der Waals surface area contributed by atoms with Gasteiger partial charge in [-0.25, -0.2) is 23.1 Å². The van der Waals surface area contributed by atoms with Gasteiger partial charge in [-0.2, -0.15) is 0 Å². The molecule has 0 radical (unpaired) electrons. The van der Waals surface area contributed by atoms with Crippen molar-refractivity contribution in [3.05, 3.63) is 64.7 Å². The summed E-state index contributed by atoms with van der Waals surface area (Å²) in [5, 5.41) is 4.44. The highest BCUT2D eigenvalue weighted by Crippen LogP contribution is 2.19. The van der Waals surface area contributed by atoms with E-state index >= 15 is 0 Å². The molecule has 1 aromatic heterocycles. The third-order valence-electron chi connectivity index (χ3n) is 4.06. The Morgan fingerprint density at radius 3 is 2.32 bits per heavy atom. The Morgan fingerprint density at radius 1 is 0.929 bits per heavy atom. The molecular formula is C19H15F3N4O2. The lowest BCUT2D eigenvalue weighted by Gasteiger charge is -2.09. The largest absolute Gasteiger partial charge is 0.343 e.